The molecule has 2 aromatic carbocycles. The van der Waals surface area contributed by atoms with E-state index in [0.717, 1.165) is 18.8 Å². The zero-order chi connectivity index (χ0) is 18.5. The van der Waals surface area contributed by atoms with Crippen molar-refractivity contribution in [2.24, 2.45) is 0 Å². The molecule has 0 spiro atoms. The van der Waals surface area contributed by atoms with E-state index in [1.165, 1.54) is 0 Å². The molecule has 1 fully saturated rings. The molecular weight excluding hydrogens is 369 g/mol. The number of anilines is 1. The van der Waals surface area contributed by atoms with Crippen LogP contribution in [-0.4, -0.2) is 37.0 Å². The van der Waals surface area contributed by atoms with Gasteiger partial charge in [-0.2, -0.15) is 5.26 Å². The largest absolute Gasteiger partial charge is 0.368 e. The lowest BCUT2D eigenvalue weighted by Gasteiger charge is -2.36. The molecule has 0 N–H and O–H groups in total. The van der Waals surface area contributed by atoms with Gasteiger partial charge < -0.3 is 9.80 Å². The first kappa shape index (κ1) is 18.3. The molecule has 3 rings (SSSR count). The van der Waals surface area contributed by atoms with E-state index in [9.17, 15) is 10.1 Å². The molecule has 0 radical (unpaired) electrons. The molecule has 1 aliphatic heterocycles. The van der Waals surface area contributed by atoms with Gasteiger partial charge in [0.25, 0.3) is 5.91 Å². The van der Waals surface area contributed by atoms with Crippen LogP contribution in [0.5, 0.6) is 0 Å². The van der Waals surface area contributed by atoms with Gasteiger partial charge in [0, 0.05) is 31.9 Å². The normalized spacial score (nSPS) is 14.9. The van der Waals surface area contributed by atoms with Gasteiger partial charge in [-0.15, -0.1) is 0 Å². The van der Waals surface area contributed by atoms with Gasteiger partial charge >= 0.3 is 0 Å². The number of piperazine rings is 1. The Balaban J connectivity index is 1.69. The maximum atomic E-state index is 12.7. The summed E-state index contributed by atoms with van der Waals surface area (Å²) in [6.45, 7) is 2.63. The lowest BCUT2D eigenvalue weighted by atomic mass is 10.1. The van der Waals surface area contributed by atoms with Crippen LogP contribution in [0.15, 0.2) is 54.1 Å². The quantitative estimate of drug-likeness (QED) is 0.585. The number of halogens is 2. The first-order valence-corrected chi connectivity index (χ1v) is 9.00. The summed E-state index contributed by atoms with van der Waals surface area (Å²) in [7, 11) is 0. The highest BCUT2D eigenvalue weighted by Gasteiger charge is 2.23. The summed E-state index contributed by atoms with van der Waals surface area (Å²) >= 11 is 11.9. The lowest BCUT2D eigenvalue weighted by Crippen LogP contribution is -2.49. The number of hydrogen-bond donors (Lipinski definition) is 0. The van der Waals surface area contributed by atoms with Gasteiger partial charge in [-0.3, -0.25) is 4.79 Å². The predicted molar refractivity (Wildman–Crippen MR) is 105 cm³/mol. The zero-order valence-electron chi connectivity index (χ0n) is 14.0. The molecule has 1 heterocycles. The number of amides is 1. The molecule has 2 aromatic rings. The molecule has 0 aromatic heterocycles. The SMILES string of the molecule is N#C/C(=C/c1ccc(Cl)c(Cl)c1)C(=O)N1CCN(c2ccccc2)CC1. The third-order valence-corrected chi connectivity index (χ3v) is 5.03. The van der Waals surface area contributed by atoms with Crippen molar-refractivity contribution in [3.05, 3.63) is 69.7 Å². The average molecular weight is 386 g/mol. The predicted octanol–water partition coefficient (Wildman–Crippen LogP) is 4.25. The van der Waals surface area contributed by atoms with E-state index in [2.05, 4.69) is 17.0 Å². The topological polar surface area (TPSA) is 47.3 Å². The molecule has 6 heteroatoms. The van der Waals surface area contributed by atoms with Crippen LogP contribution >= 0.6 is 23.2 Å². The number of carbonyl (C=O) groups excluding carboxylic acids is 1. The third-order valence-electron chi connectivity index (χ3n) is 4.29. The summed E-state index contributed by atoms with van der Waals surface area (Å²) in [4.78, 5) is 16.6. The number of rotatable bonds is 3. The third kappa shape index (κ3) is 4.19. The van der Waals surface area contributed by atoms with Crippen molar-refractivity contribution in [3.8, 4) is 6.07 Å². The summed E-state index contributed by atoms with van der Waals surface area (Å²) in [5.74, 6) is -0.258. The molecule has 1 aliphatic rings. The van der Waals surface area contributed by atoms with E-state index in [1.807, 2.05) is 24.3 Å². The van der Waals surface area contributed by atoms with Crippen LogP contribution in [0, 0.1) is 11.3 Å². The summed E-state index contributed by atoms with van der Waals surface area (Å²) in [6.07, 6.45) is 1.55. The monoisotopic (exact) mass is 385 g/mol. The maximum Gasteiger partial charge on any atom is 0.264 e. The average Bonchev–Trinajstić information content (AvgIpc) is 2.69. The molecule has 26 heavy (non-hydrogen) atoms. The van der Waals surface area contributed by atoms with Crippen LogP contribution in [0.1, 0.15) is 5.56 Å². The summed E-state index contributed by atoms with van der Waals surface area (Å²) < 4.78 is 0. The van der Waals surface area contributed by atoms with Crippen molar-refractivity contribution in [2.75, 3.05) is 31.1 Å². The molecule has 0 aliphatic carbocycles. The summed E-state index contributed by atoms with van der Waals surface area (Å²) in [5.41, 5.74) is 1.91. The van der Waals surface area contributed by atoms with Crippen molar-refractivity contribution < 1.29 is 4.79 Å². The van der Waals surface area contributed by atoms with Crippen LogP contribution in [0.3, 0.4) is 0 Å². The van der Waals surface area contributed by atoms with Crippen molar-refractivity contribution >= 4 is 40.9 Å². The standard InChI is InChI=1S/C20H17Cl2N3O/c21-18-7-6-15(13-19(18)22)12-16(14-23)20(26)25-10-8-24(9-11-25)17-4-2-1-3-5-17/h1-7,12-13H,8-11H2/b16-12-. The second-order valence-corrected chi connectivity index (χ2v) is 6.77. The fourth-order valence-electron chi connectivity index (χ4n) is 2.89. The second-order valence-electron chi connectivity index (χ2n) is 5.96. The fourth-order valence-corrected chi connectivity index (χ4v) is 3.19. The van der Waals surface area contributed by atoms with Crippen molar-refractivity contribution in [1.82, 2.24) is 4.90 Å². The van der Waals surface area contributed by atoms with Gasteiger partial charge in [0.2, 0.25) is 0 Å². The first-order valence-electron chi connectivity index (χ1n) is 8.24. The van der Waals surface area contributed by atoms with E-state index in [0.29, 0.717) is 28.7 Å². The Morgan fingerprint density at radius 2 is 1.69 bits per heavy atom. The Morgan fingerprint density at radius 1 is 1.00 bits per heavy atom. The Bertz CT molecular complexity index is 866. The van der Waals surface area contributed by atoms with E-state index >= 15 is 0 Å². The molecule has 1 saturated heterocycles. The number of nitrogens with zero attached hydrogens (tertiary/aromatic N) is 3. The fraction of sp³-hybridized carbons (Fsp3) is 0.200. The van der Waals surface area contributed by atoms with Crippen molar-refractivity contribution in [2.45, 2.75) is 0 Å². The second kappa shape index (κ2) is 8.27. The van der Waals surface area contributed by atoms with Crippen molar-refractivity contribution in [3.63, 3.8) is 0 Å². The van der Waals surface area contributed by atoms with Gasteiger partial charge in [-0.1, -0.05) is 47.5 Å². The maximum absolute atomic E-state index is 12.7. The number of benzene rings is 2. The van der Waals surface area contributed by atoms with Gasteiger partial charge in [-0.25, -0.2) is 0 Å². The Labute approximate surface area is 162 Å². The van der Waals surface area contributed by atoms with E-state index in [4.69, 9.17) is 23.2 Å². The summed E-state index contributed by atoms with van der Waals surface area (Å²) in [5, 5.41) is 10.2. The lowest BCUT2D eigenvalue weighted by molar-refractivity contribution is -0.126. The minimum Gasteiger partial charge on any atom is -0.368 e. The molecule has 0 unspecified atom stereocenters. The highest BCUT2D eigenvalue weighted by molar-refractivity contribution is 6.42. The minimum atomic E-state index is -0.258. The Hall–Kier alpha value is -2.48. The number of para-hydroxylation sites is 1. The van der Waals surface area contributed by atoms with E-state index in [-0.39, 0.29) is 11.5 Å². The molecule has 1 amide bonds. The molecule has 0 atom stereocenters. The Kier molecular flexibility index (Phi) is 5.82. The van der Waals surface area contributed by atoms with Gasteiger partial charge in [0.05, 0.1) is 10.0 Å². The van der Waals surface area contributed by atoms with E-state index < -0.39 is 0 Å². The Morgan fingerprint density at radius 3 is 2.31 bits per heavy atom. The highest BCUT2D eigenvalue weighted by Crippen LogP contribution is 2.24. The van der Waals surface area contributed by atoms with Crippen LogP contribution in [-0.2, 0) is 4.79 Å². The van der Waals surface area contributed by atoms with E-state index in [1.54, 1.807) is 29.2 Å². The molecule has 0 saturated carbocycles. The zero-order valence-corrected chi connectivity index (χ0v) is 15.5. The van der Waals surface area contributed by atoms with Gasteiger partial charge in [-0.05, 0) is 35.9 Å². The van der Waals surface area contributed by atoms with Crippen LogP contribution < -0.4 is 4.90 Å². The molecule has 0 bridgehead atoms. The number of nitriles is 1. The summed E-state index contributed by atoms with van der Waals surface area (Å²) in [6, 6.07) is 17.1. The van der Waals surface area contributed by atoms with Crippen molar-refractivity contribution in [1.29, 1.82) is 5.26 Å². The molecule has 132 valence electrons. The van der Waals surface area contributed by atoms with Crippen LogP contribution in [0.25, 0.3) is 6.08 Å². The van der Waals surface area contributed by atoms with Gasteiger partial charge in [0.15, 0.2) is 0 Å². The molecular formula is C20H17Cl2N3O. The van der Waals surface area contributed by atoms with Crippen LogP contribution in [0.2, 0.25) is 10.0 Å². The van der Waals surface area contributed by atoms with Crippen LogP contribution in [0.4, 0.5) is 5.69 Å². The minimum absolute atomic E-state index is 0.0940. The number of carbonyl (C=O) groups is 1. The molecule has 4 nitrogen and oxygen atoms in total. The van der Waals surface area contributed by atoms with Gasteiger partial charge in [0.1, 0.15) is 11.6 Å². The smallest absolute Gasteiger partial charge is 0.264 e. The first-order chi connectivity index (χ1) is 12.6. The highest BCUT2D eigenvalue weighted by atomic mass is 35.5. The number of hydrogen-bond acceptors (Lipinski definition) is 3.